The number of rotatable bonds is 6. The highest BCUT2D eigenvalue weighted by Gasteiger charge is 2.29. The summed E-state index contributed by atoms with van der Waals surface area (Å²) in [4.78, 5) is 5.06. The third-order valence-corrected chi connectivity index (χ3v) is 6.17. The highest BCUT2D eigenvalue weighted by molar-refractivity contribution is 5.76. The molecule has 0 spiro atoms. The summed E-state index contributed by atoms with van der Waals surface area (Å²) in [6, 6.07) is 22.8. The molecule has 31 heavy (non-hydrogen) atoms. The van der Waals surface area contributed by atoms with E-state index in [1.165, 1.54) is 61.4 Å². The third kappa shape index (κ3) is 4.52. The number of fused-ring (bicyclic) bond motifs is 1. The predicted octanol–water partition coefficient (Wildman–Crippen LogP) is 6.03. The van der Waals surface area contributed by atoms with E-state index in [1.807, 2.05) is 12.1 Å². The van der Waals surface area contributed by atoms with Gasteiger partial charge in [-0.05, 0) is 80.0 Å². The van der Waals surface area contributed by atoms with Crippen molar-refractivity contribution in [3.8, 4) is 11.5 Å². The lowest BCUT2D eigenvalue weighted by Gasteiger charge is -2.32. The van der Waals surface area contributed by atoms with Gasteiger partial charge in [0.2, 0.25) is 0 Å². The lowest BCUT2D eigenvalue weighted by molar-refractivity contribution is 0.232. The van der Waals surface area contributed by atoms with Crippen molar-refractivity contribution in [2.45, 2.75) is 25.4 Å². The lowest BCUT2D eigenvalue weighted by Crippen LogP contribution is -2.39. The molecule has 1 unspecified atom stereocenters. The zero-order valence-electron chi connectivity index (χ0n) is 17.6. The fourth-order valence-corrected chi connectivity index (χ4v) is 4.51. The SMILES string of the molecule is Fc1ccc(Oc2ccc(C3Nc4ccccc4N3CCN3CCCCC3)cc2)cc1. The number of benzene rings is 3. The third-order valence-electron chi connectivity index (χ3n) is 6.17. The fourth-order valence-electron chi connectivity index (χ4n) is 4.51. The van der Waals surface area contributed by atoms with Gasteiger partial charge in [0.15, 0.2) is 0 Å². The topological polar surface area (TPSA) is 27.7 Å². The van der Waals surface area contributed by atoms with Crippen molar-refractivity contribution >= 4 is 11.4 Å². The molecule has 0 radical (unpaired) electrons. The second kappa shape index (κ2) is 8.98. The molecule has 0 aromatic heterocycles. The molecule has 0 bridgehead atoms. The maximum absolute atomic E-state index is 13.1. The minimum Gasteiger partial charge on any atom is -0.457 e. The van der Waals surface area contributed by atoms with Crippen molar-refractivity contribution in [2.75, 3.05) is 36.4 Å². The van der Waals surface area contributed by atoms with Gasteiger partial charge in [0.25, 0.3) is 0 Å². The van der Waals surface area contributed by atoms with Crippen LogP contribution < -0.4 is 15.0 Å². The van der Waals surface area contributed by atoms with Gasteiger partial charge in [0.1, 0.15) is 23.5 Å². The highest BCUT2D eigenvalue weighted by Crippen LogP contribution is 2.41. The molecule has 4 nitrogen and oxygen atoms in total. The Morgan fingerprint density at radius 2 is 1.48 bits per heavy atom. The van der Waals surface area contributed by atoms with Crippen LogP contribution in [0.4, 0.5) is 15.8 Å². The first kappa shape index (κ1) is 19.9. The number of nitrogens with one attached hydrogen (secondary N) is 1. The van der Waals surface area contributed by atoms with E-state index in [-0.39, 0.29) is 12.0 Å². The minimum atomic E-state index is -0.265. The number of para-hydroxylation sites is 2. The summed E-state index contributed by atoms with van der Waals surface area (Å²) >= 11 is 0. The second-order valence-corrected chi connectivity index (χ2v) is 8.28. The number of halogens is 1. The average molecular weight is 418 g/mol. The molecule has 5 heteroatoms. The Hall–Kier alpha value is -3.05. The number of anilines is 2. The van der Waals surface area contributed by atoms with Crippen LogP contribution in [0.3, 0.4) is 0 Å². The van der Waals surface area contributed by atoms with Gasteiger partial charge in [0, 0.05) is 13.1 Å². The molecule has 3 aromatic rings. The summed E-state index contributed by atoms with van der Waals surface area (Å²) in [7, 11) is 0. The molecule has 1 fully saturated rings. The number of nitrogens with zero attached hydrogens (tertiary/aromatic N) is 2. The van der Waals surface area contributed by atoms with Gasteiger partial charge in [-0.3, -0.25) is 0 Å². The van der Waals surface area contributed by atoms with Crippen LogP contribution >= 0.6 is 0 Å². The van der Waals surface area contributed by atoms with Gasteiger partial charge in [0.05, 0.1) is 11.4 Å². The van der Waals surface area contributed by atoms with E-state index in [4.69, 9.17) is 4.74 Å². The average Bonchev–Trinajstić information content (AvgIpc) is 3.19. The van der Waals surface area contributed by atoms with Gasteiger partial charge in [-0.15, -0.1) is 0 Å². The fraction of sp³-hybridized carbons (Fsp3) is 0.308. The molecule has 0 saturated carbocycles. The predicted molar refractivity (Wildman–Crippen MR) is 123 cm³/mol. The smallest absolute Gasteiger partial charge is 0.127 e. The maximum atomic E-state index is 13.1. The van der Waals surface area contributed by atoms with E-state index >= 15 is 0 Å². The van der Waals surface area contributed by atoms with Crippen LogP contribution in [0, 0.1) is 5.82 Å². The van der Waals surface area contributed by atoms with Gasteiger partial charge >= 0.3 is 0 Å². The van der Waals surface area contributed by atoms with Crippen LogP contribution in [0.15, 0.2) is 72.8 Å². The molecule has 2 heterocycles. The van der Waals surface area contributed by atoms with Crippen molar-refractivity contribution in [3.05, 3.63) is 84.2 Å². The number of hydrogen-bond acceptors (Lipinski definition) is 4. The van der Waals surface area contributed by atoms with E-state index in [2.05, 4.69) is 51.5 Å². The molecule has 0 aliphatic carbocycles. The van der Waals surface area contributed by atoms with Crippen molar-refractivity contribution in [1.82, 2.24) is 4.90 Å². The first-order chi connectivity index (χ1) is 15.3. The molecular weight excluding hydrogens is 389 g/mol. The molecular formula is C26H28FN3O. The molecule has 1 saturated heterocycles. The summed E-state index contributed by atoms with van der Waals surface area (Å²) in [6.45, 7) is 4.49. The summed E-state index contributed by atoms with van der Waals surface area (Å²) in [5.41, 5.74) is 3.63. The van der Waals surface area contributed by atoms with Crippen LogP contribution in [0.2, 0.25) is 0 Å². The highest BCUT2D eigenvalue weighted by atomic mass is 19.1. The van der Waals surface area contributed by atoms with Gasteiger partial charge < -0.3 is 19.9 Å². The van der Waals surface area contributed by atoms with E-state index in [0.29, 0.717) is 5.75 Å². The van der Waals surface area contributed by atoms with Crippen LogP contribution in [-0.2, 0) is 0 Å². The molecule has 160 valence electrons. The summed E-state index contributed by atoms with van der Waals surface area (Å²) in [6.07, 6.45) is 4.09. The number of likely N-dealkylation sites (tertiary alicyclic amines) is 1. The molecule has 1 atom stereocenters. The lowest BCUT2D eigenvalue weighted by atomic mass is 10.1. The molecule has 2 aliphatic heterocycles. The molecule has 5 rings (SSSR count). The Balaban J connectivity index is 1.31. The first-order valence-corrected chi connectivity index (χ1v) is 11.1. The molecule has 2 aliphatic rings. The summed E-state index contributed by atoms with van der Waals surface area (Å²) < 4.78 is 19.0. The zero-order valence-corrected chi connectivity index (χ0v) is 17.6. The molecule has 1 N–H and O–H groups in total. The second-order valence-electron chi connectivity index (χ2n) is 8.28. The minimum absolute atomic E-state index is 0.0991. The number of hydrogen-bond donors (Lipinski definition) is 1. The Labute approximate surface area is 183 Å². The van der Waals surface area contributed by atoms with Crippen LogP contribution in [-0.4, -0.2) is 31.1 Å². The van der Waals surface area contributed by atoms with Crippen molar-refractivity contribution in [1.29, 1.82) is 0 Å². The monoisotopic (exact) mass is 417 g/mol. The Morgan fingerprint density at radius 3 is 2.23 bits per heavy atom. The van der Waals surface area contributed by atoms with E-state index < -0.39 is 0 Å². The van der Waals surface area contributed by atoms with Crippen molar-refractivity contribution < 1.29 is 9.13 Å². The van der Waals surface area contributed by atoms with Crippen molar-refractivity contribution in [3.63, 3.8) is 0 Å². The number of piperidine rings is 1. The first-order valence-electron chi connectivity index (χ1n) is 11.1. The van der Waals surface area contributed by atoms with Crippen LogP contribution in [0.5, 0.6) is 11.5 Å². The Bertz CT molecular complexity index is 1000. The van der Waals surface area contributed by atoms with Gasteiger partial charge in [-0.1, -0.05) is 30.7 Å². The summed E-state index contributed by atoms with van der Waals surface area (Å²) in [5, 5.41) is 3.69. The Kier molecular flexibility index (Phi) is 5.76. The zero-order chi connectivity index (χ0) is 21.0. The standard InChI is InChI=1S/C26H28FN3O/c27-21-10-14-23(15-11-21)31-22-12-8-20(9-13-22)26-28-24-6-2-3-7-25(24)30(26)19-18-29-16-4-1-5-17-29/h2-3,6-15,26,28H,1,4-5,16-19H2. The Morgan fingerprint density at radius 1 is 0.806 bits per heavy atom. The van der Waals surface area contributed by atoms with E-state index in [9.17, 15) is 4.39 Å². The normalized spacial score (nSPS) is 18.5. The molecule has 0 amide bonds. The van der Waals surface area contributed by atoms with Crippen molar-refractivity contribution in [2.24, 2.45) is 0 Å². The summed E-state index contributed by atoms with van der Waals surface area (Å²) in [5.74, 6) is 1.11. The van der Waals surface area contributed by atoms with Crippen LogP contribution in [0.1, 0.15) is 31.0 Å². The van der Waals surface area contributed by atoms with E-state index in [0.717, 1.165) is 18.8 Å². The van der Waals surface area contributed by atoms with E-state index in [1.54, 1.807) is 12.1 Å². The maximum Gasteiger partial charge on any atom is 0.127 e. The number of ether oxygens (including phenoxy) is 1. The largest absolute Gasteiger partial charge is 0.457 e. The molecule has 3 aromatic carbocycles. The van der Waals surface area contributed by atoms with Gasteiger partial charge in [-0.25, -0.2) is 4.39 Å². The van der Waals surface area contributed by atoms with Gasteiger partial charge in [-0.2, -0.15) is 0 Å². The van der Waals surface area contributed by atoms with Crippen LogP contribution in [0.25, 0.3) is 0 Å². The quantitative estimate of drug-likeness (QED) is 0.530.